The van der Waals surface area contributed by atoms with Crippen LogP contribution in [-0.4, -0.2) is 24.7 Å². The SMILES string of the molecule is CC[C@H](NC(=O)OCC1c2ccccc2-c2ccccc21)C(=O)Oc1ccccc1. The van der Waals surface area contributed by atoms with Crippen LogP contribution in [0.1, 0.15) is 30.4 Å². The van der Waals surface area contributed by atoms with Gasteiger partial charge in [-0.1, -0.05) is 73.7 Å². The Hall–Kier alpha value is -3.60. The average molecular weight is 401 g/mol. The predicted molar refractivity (Wildman–Crippen MR) is 114 cm³/mol. The molecule has 0 bridgehead atoms. The molecule has 3 aromatic carbocycles. The van der Waals surface area contributed by atoms with Crippen molar-refractivity contribution in [2.75, 3.05) is 6.61 Å². The van der Waals surface area contributed by atoms with Gasteiger partial charge < -0.3 is 14.8 Å². The molecule has 1 aliphatic carbocycles. The molecule has 1 aliphatic rings. The number of ether oxygens (including phenoxy) is 2. The maximum Gasteiger partial charge on any atom is 0.407 e. The van der Waals surface area contributed by atoms with E-state index in [2.05, 4.69) is 29.6 Å². The van der Waals surface area contributed by atoms with Crippen LogP contribution in [0.3, 0.4) is 0 Å². The maximum absolute atomic E-state index is 12.4. The van der Waals surface area contributed by atoms with Crippen molar-refractivity contribution in [3.8, 4) is 16.9 Å². The zero-order valence-electron chi connectivity index (χ0n) is 16.7. The molecule has 0 heterocycles. The van der Waals surface area contributed by atoms with Crippen molar-refractivity contribution < 1.29 is 19.1 Å². The number of carbonyl (C=O) groups is 2. The zero-order valence-corrected chi connectivity index (χ0v) is 16.7. The lowest BCUT2D eigenvalue weighted by Crippen LogP contribution is -2.43. The summed E-state index contributed by atoms with van der Waals surface area (Å²) in [5.74, 6) is -0.105. The van der Waals surface area contributed by atoms with Crippen LogP contribution in [0.2, 0.25) is 0 Å². The van der Waals surface area contributed by atoms with E-state index >= 15 is 0 Å². The van der Waals surface area contributed by atoms with Crippen LogP contribution >= 0.6 is 0 Å². The Labute approximate surface area is 175 Å². The molecule has 1 atom stereocenters. The molecule has 5 nitrogen and oxygen atoms in total. The number of alkyl carbamates (subject to hydrolysis) is 1. The Morgan fingerprint density at radius 3 is 2.03 bits per heavy atom. The minimum Gasteiger partial charge on any atom is -0.449 e. The van der Waals surface area contributed by atoms with E-state index in [0.29, 0.717) is 12.2 Å². The number of benzene rings is 3. The van der Waals surface area contributed by atoms with Gasteiger partial charge in [0.15, 0.2) is 0 Å². The number of hydrogen-bond donors (Lipinski definition) is 1. The molecule has 1 amide bonds. The third-order valence-electron chi connectivity index (χ3n) is 5.29. The first-order chi connectivity index (χ1) is 14.7. The van der Waals surface area contributed by atoms with E-state index in [0.717, 1.165) is 11.1 Å². The Balaban J connectivity index is 1.39. The van der Waals surface area contributed by atoms with Gasteiger partial charge >= 0.3 is 12.1 Å². The third-order valence-corrected chi connectivity index (χ3v) is 5.29. The Morgan fingerprint density at radius 2 is 1.43 bits per heavy atom. The number of carbonyl (C=O) groups excluding carboxylic acids is 2. The van der Waals surface area contributed by atoms with Gasteiger partial charge in [0.05, 0.1) is 0 Å². The fraction of sp³-hybridized carbons (Fsp3) is 0.200. The second kappa shape index (κ2) is 8.82. The fourth-order valence-electron chi connectivity index (χ4n) is 3.79. The zero-order chi connectivity index (χ0) is 20.9. The molecule has 0 saturated heterocycles. The highest BCUT2D eigenvalue weighted by molar-refractivity contribution is 5.83. The van der Waals surface area contributed by atoms with Crippen LogP contribution in [0.4, 0.5) is 4.79 Å². The number of para-hydroxylation sites is 1. The summed E-state index contributed by atoms with van der Waals surface area (Å²) in [7, 11) is 0. The molecule has 5 heteroatoms. The van der Waals surface area contributed by atoms with E-state index in [4.69, 9.17) is 9.47 Å². The van der Waals surface area contributed by atoms with Gasteiger partial charge in [0.2, 0.25) is 0 Å². The normalized spacial score (nSPS) is 13.1. The summed E-state index contributed by atoms with van der Waals surface area (Å²) in [6.45, 7) is 2.00. The van der Waals surface area contributed by atoms with E-state index in [1.807, 2.05) is 30.3 Å². The summed E-state index contributed by atoms with van der Waals surface area (Å²) >= 11 is 0. The van der Waals surface area contributed by atoms with Crippen LogP contribution in [0.15, 0.2) is 78.9 Å². The quantitative estimate of drug-likeness (QED) is 0.471. The van der Waals surface area contributed by atoms with Crippen molar-refractivity contribution in [3.63, 3.8) is 0 Å². The smallest absolute Gasteiger partial charge is 0.407 e. The van der Waals surface area contributed by atoms with Crippen LogP contribution < -0.4 is 10.1 Å². The molecular formula is C25H23NO4. The lowest BCUT2D eigenvalue weighted by Gasteiger charge is -2.18. The molecule has 0 saturated carbocycles. The first kappa shape index (κ1) is 19.7. The van der Waals surface area contributed by atoms with Gasteiger partial charge in [0, 0.05) is 5.92 Å². The van der Waals surface area contributed by atoms with Crippen LogP contribution in [0, 0.1) is 0 Å². The van der Waals surface area contributed by atoms with Gasteiger partial charge in [-0.3, -0.25) is 0 Å². The minimum atomic E-state index is -0.777. The molecule has 0 radical (unpaired) electrons. The van der Waals surface area contributed by atoms with E-state index < -0.39 is 18.1 Å². The summed E-state index contributed by atoms with van der Waals surface area (Å²) in [5, 5.41) is 2.62. The van der Waals surface area contributed by atoms with E-state index in [9.17, 15) is 9.59 Å². The summed E-state index contributed by atoms with van der Waals surface area (Å²) in [6.07, 6.45) is -0.232. The Morgan fingerprint density at radius 1 is 0.867 bits per heavy atom. The largest absolute Gasteiger partial charge is 0.449 e. The van der Waals surface area contributed by atoms with Crippen LogP contribution in [-0.2, 0) is 9.53 Å². The maximum atomic E-state index is 12.4. The fourth-order valence-corrected chi connectivity index (χ4v) is 3.79. The second-order valence-corrected chi connectivity index (χ2v) is 7.16. The topological polar surface area (TPSA) is 64.6 Å². The number of nitrogens with one attached hydrogen (secondary N) is 1. The number of fused-ring (bicyclic) bond motifs is 3. The van der Waals surface area contributed by atoms with Gasteiger partial charge in [-0.2, -0.15) is 0 Å². The Kier molecular flexibility index (Phi) is 5.80. The van der Waals surface area contributed by atoms with Gasteiger partial charge in [0.1, 0.15) is 18.4 Å². The molecule has 0 fully saturated rings. The van der Waals surface area contributed by atoms with E-state index in [1.54, 1.807) is 31.2 Å². The predicted octanol–water partition coefficient (Wildman–Crippen LogP) is 4.91. The van der Waals surface area contributed by atoms with Gasteiger partial charge in [-0.15, -0.1) is 0 Å². The lowest BCUT2D eigenvalue weighted by molar-refractivity contribution is -0.136. The number of amides is 1. The van der Waals surface area contributed by atoms with Crippen LogP contribution in [0.5, 0.6) is 5.75 Å². The first-order valence-corrected chi connectivity index (χ1v) is 10.1. The highest BCUT2D eigenvalue weighted by Crippen LogP contribution is 2.44. The number of rotatable bonds is 6. The van der Waals surface area contributed by atoms with E-state index in [1.165, 1.54) is 11.1 Å². The molecular weight excluding hydrogens is 378 g/mol. The number of hydrogen-bond acceptors (Lipinski definition) is 4. The van der Waals surface area contributed by atoms with Gasteiger partial charge in [-0.25, -0.2) is 9.59 Å². The van der Waals surface area contributed by atoms with E-state index in [-0.39, 0.29) is 12.5 Å². The summed E-state index contributed by atoms with van der Waals surface area (Å²) in [4.78, 5) is 24.8. The standard InChI is InChI=1S/C25H23NO4/c1-2-23(24(27)30-17-10-4-3-5-11-17)26-25(28)29-16-22-20-14-8-6-12-18(20)19-13-7-9-15-21(19)22/h3-15,22-23H,2,16H2,1H3,(H,26,28)/t23-/m0/s1. The summed E-state index contributed by atoms with van der Waals surface area (Å²) in [5.41, 5.74) is 4.61. The van der Waals surface area contributed by atoms with Crippen molar-refractivity contribution in [1.82, 2.24) is 5.32 Å². The molecule has 1 N–H and O–H groups in total. The van der Waals surface area contributed by atoms with Crippen molar-refractivity contribution in [1.29, 1.82) is 0 Å². The van der Waals surface area contributed by atoms with Crippen molar-refractivity contribution in [2.45, 2.75) is 25.3 Å². The molecule has 152 valence electrons. The van der Waals surface area contributed by atoms with Crippen LogP contribution in [0.25, 0.3) is 11.1 Å². The molecule has 3 aromatic rings. The number of esters is 1. The lowest BCUT2D eigenvalue weighted by atomic mass is 9.98. The van der Waals surface area contributed by atoms with Gasteiger partial charge in [-0.05, 0) is 40.8 Å². The highest BCUT2D eigenvalue weighted by atomic mass is 16.6. The molecule has 0 spiro atoms. The van der Waals surface area contributed by atoms with Crippen molar-refractivity contribution >= 4 is 12.1 Å². The van der Waals surface area contributed by atoms with Gasteiger partial charge in [0.25, 0.3) is 0 Å². The molecule has 4 rings (SSSR count). The molecule has 0 aliphatic heterocycles. The molecule has 0 unspecified atom stereocenters. The minimum absolute atomic E-state index is 0.0282. The summed E-state index contributed by atoms with van der Waals surface area (Å²) < 4.78 is 10.8. The average Bonchev–Trinajstić information content (AvgIpc) is 3.10. The first-order valence-electron chi connectivity index (χ1n) is 10.1. The Bertz CT molecular complexity index is 1000. The van der Waals surface area contributed by atoms with Crippen molar-refractivity contribution in [2.24, 2.45) is 0 Å². The molecule has 30 heavy (non-hydrogen) atoms. The summed E-state index contributed by atoms with van der Waals surface area (Å²) in [6, 6.07) is 24.3. The van der Waals surface area contributed by atoms with Crippen molar-refractivity contribution in [3.05, 3.63) is 90.0 Å². The monoisotopic (exact) mass is 401 g/mol. The second-order valence-electron chi connectivity index (χ2n) is 7.16. The highest BCUT2D eigenvalue weighted by Gasteiger charge is 2.29. The third kappa shape index (κ3) is 4.06. The molecule has 0 aromatic heterocycles.